The average Bonchev–Trinajstić information content (AvgIpc) is 3.50. The normalized spacial score (nSPS) is 19.0. The summed E-state index contributed by atoms with van der Waals surface area (Å²) in [6.07, 6.45) is 3.10. The van der Waals surface area contributed by atoms with Crippen LogP contribution in [0.25, 0.3) is 10.8 Å². The summed E-state index contributed by atoms with van der Waals surface area (Å²) < 4.78 is 40.8. The van der Waals surface area contributed by atoms with Gasteiger partial charge in [-0.05, 0) is 43.4 Å². The van der Waals surface area contributed by atoms with Crippen LogP contribution in [0.15, 0.2) is 44.9 Å². The Morgan fingerprint density at radius 1 is 1.25 bits per heavy atom. The van der Waals surface area contributed by atoms with E-state index < -0.39 is 33.2 Å². The first-order valence-electron chi connectivity index (χ1n) is 10.5. The lowest BCUT2D eigenvalue weighted by atomic mass is 9.99. The molecule has 0 radical (unpaired) electrons. The summed E-state index contributed by atoms with van der Waals surface area (Å²) in [5.74, 6) is 0.460. The Kier molecular flexibility index (Phi) is 4.56. The van der Waals surface area contributed by atoms with Gasteiger partial charge in [0.2, 0.25) is 0 Å². The maximum absolute atomic E-state index is 13.7. The lowest BCUT2D eigenvalue weighted by Gasteiger charge is -2.21. The minimum Gasteiger partial charge on any atom is -0.362 e. The highest BCUT2D eigenvalue weighted by molar-refractivity contribution is 7.91. The van der Waals surface area contributed by atoms with Crippen LogP contribution in [0.2, 0.25) is 0 Å². The topological polar surface area (TPSA) is 103 Å². The Labute approximate surface area is 183 Å². The number of aryl methyl sites for hydroxylation is 1. The fraction of sp³-hybridized carbons (Fsp3) is 0.409. The third-order valence-electron chi connectivity index (χ3n) is 6.61. The third-order valence-corrected chi connectivity index (χ3v) is 8.41. The van der Waals surface area contributed by atoms with Crippen molar-refractivity contribution in [2.24, 2.45) is 7.05 Å². The Morgan fingerprint density at radius 2 is 2.00 bits per heavy atom. The zero-order chi connectivity index (χ0) is 22.8. The summed E-state index contributed by atoms with van der Waals surface area (Å²) in [7, 11) is -1.77. The number of nitrogens with zero attached hydrogens (tertiary/aromatic N) is 3. The van der Waals surface area contributed by atoms with Gasteiger partial charge in [0.05, 0.1) is 27.6 Å². The first-order valence-corrected chi connectivity index (χ1v) is 12.1. The predicted octanol–water partition coefficient (Wildman–Crippen LogP) is 2.06. The van der Waals surface area contributed by atoms with Crippen molar-refractivity contribution in [2.75, 3.05) is 17.7 Å². The second-order valence-corrected chi connectivity index (χ2v) is 10.8. The molecule has 2 aromatic heterocycles. The molecule has 1 aliphatic carbocycles. The number of fused-ring (bicyclic) bond motifs is 2. The maximum Gasteiger partial charge on any atom is 0.274 e. The van der Waals surface area contributed by atoms with Crippen LogP contribution in [0.4, 0.5) is 10.2 Å². The molecule has 1 saturated carbocycles. The molecule has 32 heavy (non-hydrogen) atoms. The molecule has 1 fully saturated rings. The van der Waals surface area contributed by atoms with Crippen LogP contribution in [-0.2, 0) is 28.8 Å². The van der Waals surface area contributed by atoms with Crippen LogP contribution in [0.3, 0.4) is 0 Å². The minimum atomic E-state index is -3.27. The van der Waals surface area contributed by atoms with Gasteiger partial charge in [0.1, 0.15) is 6.67 Å². The standard InChI is InChI=1S/C22H23FN4O4S/c1-13(14-4-3-5-18-15(14)6-9-32(18,30)31)24-20-17-11-27(22(12-23)7-8-22)19(28)10-16(17)21(29)26(2)25-20/h3-5,10-11,13H,6-9,12H2,1-2H3,(H,24,25)/t13-/m1/s1. The van der Waals surface area contributed by atoms with Gasteiger partial charge in [-0.25, -0.2) is 17.5 Å². The van der Waals surface area contributed by atoms with Gasteiger partial charge < -0.3 is 9.88 Å². The Morgan fingerprint density at radius 3 is 2.69 bits per heavy atom. The first kappa shape index (κ1) is 20.9. The van der Waals surface area contributed by atoms with Gasteiger partial charge in [0.25, 0.3) is 11.1 Å². The van der Waals surface area contributed by atoms with E-state index in [2.05, 4.69) is 10.4 Å². The number of aromatic nitrogens is 3. The monoisotopic (exact) mass is 458 g/mol. The van der Waals surface area contributed by atoms with Crippen molar-refractivity contribution < 1.29 is 12.8 Å². The summed E-state index contributed by atoms with van der Waals surface area (Å²) in [6.45, 7) is 1.24. The average molecular weight is 459 g/mol. The number of anilines is 1. The van der Waals surface area contributed by atoms with Crippen molar-refractivity contribution in [2.45, 2.75) is 42.7 Å². The number of pyridine rings is 1. The molecule has 3 heterocycles. The molecule has 3 aromatic rings. The SMILES string of the molecule is C[C@@H](Nc1nn(C)c(=O)c2cc(=O)n(C3(CF)CC3)cc12)c1cccc2c1CCS2(=O)=O. The fourth-order valence-electron chi connectivity index (χ4n) is 4.56. The molecule has 1 aromatic carbocycles. The molecule has 10 heteroatoms. The molecular weight excluding hydrogens is 435 g/mol. The Hall–Kier alpha value is -3.01. The first-order chi connectivity index (χ1) is 15.2. The van der Waals surface area contributed by atoms with Crippen LogP contribution < -0.4 is 16.4 Å². The van der Waals surface area contributed by atoms with Gasteiger partial charge in [0.15, 0.2) is 15.7 Å². The van der Waals surface area contributed by atoms with Crippen LogP contribution in [0.5, 0.6) is 0 Å². The third kappa shape index (κ3) is 3.08. The molecule has 1 aliphatic heterocycles. The highest BCUT2D eigenvalue weighted by Crippen LogP contribution is 2.43. The van der Waals surface area contributed by atoms with Crippen molar-refractivity contribution in [1.29, 1.82) is 0 Å². The molecule has 8 nitrogen and oxygen atoms in total. The lowest BCUT2D eigenvalue weighted by molar-refractivity contribution is 0.331. The van der Waals surface area contributed by atoms with Gasteiger partial charge in [0, 0.05) is 24.7 Å². The fourth-order valence-corrected chi connectivity index (χ4v) is 6.13. The number of halogens is 1. The zero-order valence-corrected chi connectivity index (χ0v) is 18.6. The lowest BCUT2D eigenvalue weighted by Crippen LogP contribution is -2.33. The van der Waals surface area contributed by atoms with E-state index in [9.17, 15) is 22.4 Å². The molecule has 0 amide bonds. The number of hydrogen-bond donors (Lipinski definition) is 1. The second kappa shape index (κ2) is 6.99. The second-order valence-electron chi connectivity index (χ2n) is 8.70. The number of nitrogens with one attached hydrogen (secondary N) is 1. The van der Waals surface area contributed by atoms with Gasteiger partial charge in [-0.1, -0.05) is 12.1 Å². The van der Waals surface area contributed by atoms with Crippen molar-refractivity contribution in [1.82, 2.24) is 14.3 Å². The van der Waals surface area contributed by atoms with Gasteiger partial charge in [-0.2, -0.15) is 5.10 Å². The van der Waals surface area contributed by atoms with Crippen molar-refractivity contribution >= 4 is 26.4 Å². The largest absolute Gasteiger partial charge is 0.362 e. The van der Waals surface area contributed by atoms with Gasteiger partial charge in [-0.3, -0.25) is 9.59 Å². The van der Waals surface area contributed by atoms with E-state index in [0.717, 1.165) is 15.8 Å². The summed E-state index contributed by atoms with van der Waals surface area (Å²) in [4.78, 5) is 25.6. The van der Waals surface area contributed by atoms with Crippen molar-refractivity contribution in [3.63, 3.8) is 0 Å². The number of sulfone groups is 1. The van der Waals surface area contributed by atoms with Crippen LogP contribution >= 0.6 is 0 Å². The zero-order valence-electron chi connectivity index (χ0n) is 17.8. The smallest absolute Gasteiger partial charge is 0.274 e. The maximum atomic E-state index is 13.7. The van der Waals surface area contributed by atoms with E-state index >= 15 is 0 Å². The molecule has 0 unspecified atom stereocenters. The summed E-state index contributed by atoms with van der Waals surface area (Å²) in [6, 6.07) is 6.15. The van der Waals surface area contributed by atoms with Crippen LogP contribution in [-0.4, -0.2) is 35.2 Å². The van der Waals surface area contributed by atoms with Crippen LogP contribution in [0.1, 0.15) is 36.9 Å². The Bertz CT molecular complexity index is 1490. The summed E-state index contributed by atoms with van der Waals surface area (Å²) >= 11 is 0. The van der Waals surface area contributed by atoms with Crippen molar-refractivity contribution in [3.8, 4) is 0 Å². The molecule has 0 bridgehead atoms. The molecule has 5 rings (SSSR count). The van der Waals surface area contributed by atoms with E-state index in [4.69, 9.17) is 0 Å². The number of alkyl halides is 1. The molecule has 0 saturated heterocycles. The van der Waals surface area contributed by atoms with E-state index in [1.807, 2.05) is 13.0 Å². The van der Waals surface area contributed by atoms with E-state index in [0.29, 0.717) is 35.4 Å². The molecule has 2 aliphatic rings. The highest BCUT2D eigenvalue weighted by atomic mass is 32.2. The van der Waals surface area contributed by atoms with E-state index in [1.165, 1.54) is 23.9 Å². The molecule has 1 N–H and O–H groups in total. The number of hydrogen-bond acceptors (Lipinski definition) is 6. The number of rotatable bonds is 5. The highest BCUT2D eigenvalue weighted by Gasteiger charge is 2.45. The van der Waals surface area contributed by atoms with E-state index in [-0.39, 0.29) is 17.2 Å². The molecule has 0 spiro atoms. The molecule has 168 valence electrons. The number of benzene rings is 1. The summed E-state index contributed by atoms with van der Waals surface area (Å²) in [5.41, 5.74) is -0.0552. The van der Waals surface area contributed by atoms with Crippen LogP contribution in [0, 0.1) is 0 Å². The quantitative estimate of drug-likeness (QED) is 0.628. The summed E-state index contributed by atoms with van der Waals surface area (Å²) in [5, 5.41) is 8.27. The van der Waals surface area contributed by atoms with Gasteiger partial charge in [-0.15, -0.1) is 0 Å². The molecular formula is C22H23FN4O4S. The van der Waals surface area contributed by atoms with E-state index in [1.54, 1.807) is 12.1 Å². The Balaban J connectivity index is 1.63. The van der Waals surface area contributed by atoms with Gasteiger partial charge >= 0.3 is 0 Å². The predicted molar refractivity (Wildman–Crippen MR) is 119 cm³/mol. The molecule has 1 atom stereocenters. The minimum absolute atomic E-state index is 0.0880. The van der Waals surface area contributed by atoms with Crippen molar-refractivity contribution in [3.05, 3.63) is 62.3 Å².